The molecule has 2 aliphatic rings. The summed E-state index contributed by atoms with van der Waals surface area (Å²) in [6.07, 6.45) is -4.91. The Hall–Kier alpha value is -5.08. The Bertz CT molecular complexity index is 1780. The molecule has 0 spiro atoms. The fraction of sp³-hybridized carbons (Fsp3) is 0.226. The molecule has 0 radical (unpaired) electrons. The van der Waals surface area contributed by atoms with Crippen LogP contribution in [0.2, 0.25) is 5.02 Å². The van der Waals surface area contributed by atoms with E-state index in [0.29, 0.717) is 16.1 Å². The molecule has 46 heavy (non-hydrogen) atoms. The number of hydrogen-bond donors (Lipinski definition) is 0. The number of hydrogen-bond acceptors (Lipinski definition) is 8. The van der Waals surface area contributed by atoms with Gasteiger partial charge in [-0.25, -0.2) is 0 Å². The molecule has 0 N–H and O–H groups in total. The third kappa shape index (κ3) is 6.34. The van der Waals surface area contributed by atoms with Crippen LogP contribution in [0.25, 0.3) is 0 Å². The van der Waals surface area contributed by atoms with E-state index in [1.165, 1.54) is 21.6 Å². The molecule has 238 valence electrons. The average Bonchev–Trinajstić information content (AvgIpc) is 3.48. The van der Waals surface area contributed by atoms with Crippen molar-refractivity contribution in [3.63, 3.8) is 0 Å². The quantitative estimate of drug-likeness (QED) is 0.233. The molecule has 3 aromatic carbocycles. The van der Waals surface area contributed by atoms with Crippen LogP contribution in [0.15, 0.2) is 72.8 Å². The number of imidazole rings is 1. The van der Waals surface area contributed by atoms with Crippen LogP contribution in [0, 0.1) is 0 Å². The molecule has 0 bridgehead atoms. The van der Waals surface area contributed by atoms with Gasteiger partial charge in [0.2, 0.25) is 0 Å². The molecule has 1 aromatic heterocycles. The molecule has 15 heteroatoms. The van der Waals surface area contributed by atoms with E-state index in [1.807, 2.05) is 0 Å². The largest absolute Gasteiger partial charge is 0.573 e. The summed E-state index contributed by atoms with van der Waals surface area (Å²) in [5.41, 5.74) is 1.40. The van der Waals surface area contributed by atoms with Gasteiger partial charge in [-0.1, -0.05) is 41.9 Å². The molecule has 6 rings (SSSR count). The Labute approximate surface area is 265 Å². The number of ether oxygens (including phenoxy) is 3. The molecule has 2 aliphatic heterocycles. The molecule has 0 unspecified atom stereocenters. The maximum absolute atomic E-state index is 14.2. The second-order valence-electron chi connectivity index (χ2n) is 10.4. The van der Waals surface area contributed by atoms with Crippen molar-refractivity contribution >= 4 is 35.1 Å². The molecule has 0 atom stereocenters. The van der Waals surface area contributed by atoms with E-state index in [4.69, 9.17) is 21.1 Å². The Morgan fingerprint density at radius 2 is 1.54 bits per heavy atom. The summed E-state index contributed by atoms with van der Waals surface area (Å²) in [6.45, 7) is -0.221. The van der Waals surface area contributed by atoms with Gasteiger partial charge in [-0.3, -0.25) is 23.9 Å². The van der Waals surface area contributed by atoms with E-state index in [0.717, 1.165) is 22.6 Å². The summed E-state index contributed by atoms with van der Waals surface area (Å²) in [7, 11) is 1.65. The van der Waals surface area contributed by atoms with Gasteiger partial charge < -0.3 is 24.0 Å². The van der Waals surface area contributed by atoms with Crippen LogP contribution in [-0.2, 0) is 11.3 Å². The third-order valence-corrected chi connectivity index (χ3v) is 7.52. The molecule has 4 aromatic rings. The number of fused-ring (bicyclic) bond motifs is 2. The molecule has 11 nitrogen and oxygen atoms in total. The number of carbonyl (C=O) groups excluding carboxylic acids is 3. The first-order valence-electron chi connectivity index (χ1n) is 13.9. The minimum absolute atomic E-state index is 0.0100. The van der Waals surface area contributed by atoms with Gasteiger partial charge >= 0.3 is 12.4 Å². The number of alkyl halides is 3. The minimum atomic E-state index is -4.91. The van der Waals surface area contributed by atoms with Gasteiger partial charge in [0.15, 0.2) is 11.5 Å². The van der Waals surface area contributed by atoms with Crippen LogP contribution in [0.4, 0.5) is 19.0 Å². The molecule has 3 heterocycles. The number of imide groups is 1. The lowest BCUT2D eigenvalue weighted by molar-refractivity contribution is -0.274. The van der Waals surface area contributed by atoms with Crippen LogP contribution in [0.5, 0.6) is 17.5 Å². The fourth-order valence-corrected chi connectivity index (χ4v) is 5.25. The lowest BCUT2D eigenvalue weighted by atomic mass is 10.1. The number of aromatic nitrogens is 2. The summed E-state index contributed by atoms with van der Waals surface area (Å²) in [4.78, 5) is 48.7. The second kappa shape index (κ2) is 12.4. The lowest BCUT2D eigenvalue weighted by Gasteiger charge is -2.30. The van der Waals surface area contributed by atoms with E-state index >= 15 is 0 Å². The molecule has 0 aliphatic carbocycles. The first-order chi connectivity index (χ1) is 22.0. The molecule has 0 saturated carbocycles. The van der Waals surface area contributed by atoms with Crippen molar-refractivity contribution < 1.29 is 41.8 Å². The highest BCUT2D eigenvalue weighted by atomic mass is 35.5. The van der Waals surface area contributed by atoms with Crippen LogP contribution < -0.4 is 14.4 Å². The predicted molar refractivity (Wildman–Crippen MR) is 158 cm³/mol. The summed E-state index contributed by atoms with van der Waals surface area (Å²) in [5, 5.41) is 0.495. The van der Waals surface area contributed by atoms with Crippen molar-refractivity contribution in [2.24, 2.45) is 0 Å². The maximum Gasteiger partial charge on any atom is 0.573 e. The molecule has 3 amide bonds. The van der Waals surface area contributed by atoms with E-state index in [-0.39, 0.29) is 56.4 Å². The zero-order chi connectivity index (χ0) is 32.6. The van der Waals surface area contributed by atoms with E-state index < -0.39 is 29.8 Å². The number of halogens is 4. The molecule has 0 saturated heterocycles. The number of benzene rings is 3. The maximum atomic E-state index is 14.2. The first kappa shape index (κ1) is 30.9. The number of nitrogens with zero attached hydrogens (tertiary/aromatic N) is 5. The normalized spacial score (nSPS) is 15.1. The van der Waals surface area contributed by atoms with Crippen molar-refractivity contribution in [2.45, 2.75) is 12.9 Å². The third-order valence-electron chi connectivity index (χ3n) is 7.27. The second-order valence-corrected chi connectivity index (χ2v) is 10.9. The van der Waals surface area contributed by atoms with E-state index in [9.17, 15) is 27.6 Å². The van der Waals surface area contributed by atoms with Crippen LogP contribution in [-0.4, -0.2) is 77.0 Å². The van der Waals surface area contributed by atoms with Crippen LogP contribution in [0.1, 0.15) is 36.8 Å². The monoisotopic (exact) mass is 655 g/mol. The van der Waals surface area contributed by atoms with Gasteiger partial charge in [0.1, 0.15) is 25.0 Å². The standard InChI is InChI=1S/C31H25ClF3N5O6/c1-37-17-44-18-38(13-14-39-27(41)23-7-2-3-8-24(23)28(39)42)29(43)25-26(37)36-30(40(25)16-19-9-11-20(32)12-10-19)45-21-5-4-6-22(15-21)46-31(33,34)35/h2-12,15H,13-14,16-18H2,1H3. The zero-order valence-electron chi connectivity index (χ0n) is 24.2. The Kier molecular flexibility index (Phi) is 8.32. The van der Waals surface area contributed by atoms with Gasteiger partial charge in [-0.2, -0.15) is 4.98 Å². The van der Waals surface area contributed by atoms with E-state index in [1.54, 1.807) is 60.5 Å². The number of carbonyl (C=O) groups is 3. The SMILES string of the molecule is CN1COCN(CCN2C(=O)c3ccccc3C2=O)C(=O)c2c1nc(Oc1cccc(OC(F)(F)F)c1)n2Cc1ccc(Cl)cc1. The van der Waals surface area contributed by atoms with Gasteiger partial charge in [-0.05, 0) is 42.0 Å². The van der Waals surface area contributed by atoms with Crippen molar-refractivity contribution in [3.8, 4) is 17.5 Å². The molecular weight excluding hydrogens is 631 g/mol. The minimum Gasteiger partial charge on any atom is -0.425 e. The summed E-state index contributed by atoms with van der Waals surface area (Å²) >= 11 is 6.08. The average molecular weight is 656 g/mol. The Morgan fingerprint density at radius 3 is 2.22 bits per heavy atom. The van der Waals surface area contributed by atoms with Gasteiger partial charge in [0.05, 0.1) is 17.7 Å². The van der Waals surface area contributed by atoms with Crippen LogP contribution >= 0.6 is 11.6 Å². The Morgan fingerprint density at radius 1 is 0.870 bits per heavy atom. The zero-order valence-corrected chi connectivity index (χ0v) is 24.9. The van der Waals surface area contributed by atoms with Gasteiger partial charge in [0.25, 0.3) is 17.7 Å². The molecule has 0 fully saturated rings. The highest BCUT2D eigenvalue weighted by Crippen LogP contribution is 2.34. The lowest BCUT2D eigenvalue weighted by Crippen LogP contribution is -2.44. The van der Waals surface area contributed by atoms with Crippen molar-refractivity contribution in [2.75, 3.05) is 38.5 Å². The van der Waals surface area contributed by atoms with E-state index in [2.05, 4.69) is 9.72 Å². The highest BCUT2D eigenvalue weighted by molar-refractivity contribution is 6.30. The molecular formula is C31H25ClF3N5O6. The summed E-state index contributed by atoms with van der Waals surface area (Å²) in [6, 6.07) is 18.2. The predicted octanol–water partition coefficient (Wildman–Crippen LogP) is 5.40. The first-order valence-corrected chi connectivity index (χ1v) is 14.3. The van der Waals surface area contributed by atoms with Crippen molar-refractivity contribution in [3.05, 3.63) is 100 Å². The number of amides is 3. The van der Waals surface area contributed by atoms with Crippen molar-refractivity contribution in [1.29, 1.82) is 0 Å². The number of rotatable bonds is 8. The van der Waals surface area contributed by atoms with Crippen molar-refractivity contribution in [1.82, 2.24) is 19.4 Å². The summed E-state index contributed by atoms with van der Waals surface area (Å²) < 4.78 is 55.9. The van der Waals surface area contributed by atoms with Gasteiger partial charge in [-0.15, -0.1) is 13.2 Å². The number of anilines is 1. The topological polar surface area (TPSA) is 106 Å². The highest BCUT2D eigenvalue weighted by Gasteiger charge is 2.37. The smallest absolute Gasteiger partial charge is 0.425 e. The van der Waals surface area contributed by atoms with Gasteiger partial charge in [0, 0.05) is 31.2 Å². The Balaban J connectivity index is 1.34. The fourth-order valence-electron chi connectivity index (χ4n) is 5.12. The van der Waals surface area contributed by atoms with Crippen LogP contribution in [0.3, 0.4) is 0 Å². The summed E-state index contributed by atoms with van der Waals surface area (Å²) in [5.74, 6) is -1.79.